The lowest BCUT2D eigenvalue weighted by atomic mass is 9.84. The Morgan fingerprint density at radius 3 is 2.55 bits per heavy atom. The van der Waals surface area contributed by atoms with Crippen LogP contribution in [0.5, 0.6) is 0 Å². The van der Waals surface area contributed by atoms with Crippen molar-refractivity contribution in [2.45, 2.75) is 52.0 Å². The topological polar surface area (TPSA) is 20.3 Å². The highest BCUT2D eigenvalue weighted by Crippen LogP contribution is 2.29. The molecule has 110 valence electrons. The van der Waals surface area contributed by atoms with Gasteiger partial charge in [0.25, 0.3) is 0 Å². The molecule has 2 rings (SSSR count). The summed E-state index contributed by atoms with van der Waals surface area (Å²) >= 11 is 0. The molecule has 0 bridgehead atoms. The molecule has 1 atom stereocenters. The van der Waals surface area contributed by atoms with Gasteiger partial charge < -0.3 is 0 Å². The van der Waals surface area contributed by atoms with Gasteiger partial charge in [-0.25, -0.2) is 4.39 Å². The van der Waals surface area contributed by atoms with Crippen LogP contribution in [0.15, 0.2) is 18.2 Å². The molecule has 0 aromatic heterocycles. The van der Waals surface area contributed by atoms with E-state index in [0.29, 0.717) is 5.56 Å². The number of piperidine rings is 1. The highest BCUT2D eigenvalue weighted by atomic mass is 19.1. The highest BCUT2D eigenvalue weighted by Gasteiger charge is 2.39. The van der Waals surface area contributed by atoms with Crippen LogP contribution in [-0.2, 0) is 0 Å². The first-order chi connectivity index (χ1) is 9.49. The Balaban J connectivity index is 2.34. The maximum atomic E-state index is 13.5. The van der Waals surface area contributed by atoms with Gasteiger partial charge in [-0.1, -0.05) is 19.4 Å². The minimum Gasteiger partial charge on any atom is -0.292 e. The van der Waals surface area contributed by atoms with E-state index in [1.54, 1.807) is 6.07 Å². The Kier molecular flexibility index (Phi) is 4.59. The molecule has 1 aliphatic heterocycles. The fraction of sp³-hybridized carbons (Fsp3) is 0.588. The number of benzene rings is 1. The number of ketones is 1. The molecule has 1 fully saturated rings. The van der Waals surface area contributed by atoms with Crippen LogP contribution < -0.4 is 0 Å². The smallest absolute Gasteiger partial charge is 0.183 e. The number of hydrogen-bond acceptors (Lipinski definition) is 2. The standard InChI is InChI=1S/C17H24FNO/c1-4-17(3,19-10-6-5-7-11-19)16(20)15-12-14(18)9-8-13(15)2/h8-9,12H,4-7,10-11H2,1-3H3. The lowest BCUT2D eigenvalue weighted by molar-refractivity contribution is 0.0504. The van der Waals surface area contributed by atoms with Crippen molar-refractivity contribution in [2.75, 3.05) is 13.1 Å². The summed E-state index contributed by atoms with van der Waals surface area (Å²) in [6, 6.07) is 4.49. The van der Waals surface area contributed by atoms with Gasteiger partial charge in [-0.3, -0.25) is 9.69 Å². The van der Waals surface area contributed by atoms with Crippen molar-refractivity contribution < 1.29 is 9.18 Å². The Bertz CT molecular complexity index is 494. The third-order valence-electron chi connectivity index (χ3n) is 4.68. The van der Waals surface area contributed by atoms with Gasteiger partial charge in [-0.2, -0.15) is 0 Å². The summed E-state index contributed by atoms with van der Waals surface area (Å²) in [5, 5.41) is 0. The van der Waals surface area contributed by atoms with Gasteiger partial charge in [0.2, 0.25) is 0 Å². The summed E-state index contributed by atoms with van der Waals surface area (Å²) in [5.41, 5.74) is 0.868. The Morgan fingerprint density at radius 1 is 1.30 bits per heavy atom. The van der Waals surface area contributed by atoms with E-state index in [9.17, 15) is 9.18 Å². The largest absolute Gasteiger partial charge is 0.292 e. The number of Topliss-reactive ketones (excluding diaryl/α,β-unsaturated/α-hetero) is 1. The normalized spacial score (nSPS) is 19.6. The first-order valence-corrected chi connectivity index (χ1v) is 7.55. The van der Waals surface area contributed by atoms with Crippen LogP contribution in [0.1, 0.15) is 55.5 Å². The number of hydrogen-bond donors (Lipinski definition) is 0. The van der Waals surface area contributed by atoms with Gasteiger partial charge in [0.1, 0.15) is 5.82 Å². The van der Waals surface area contributed by atoms with E-state index in [1.165, 1.54) is 18.6 Å². The molecule has 1 aliphatic rings. The number of halogens is 1. The highest BCUT2D eigenvalue weighted by molar-refractivity contribution is 6.04. The third kappa shape index (κ3) is 2.78. The average Bonchev–Trinajstić information content (AvgIpc) is 2.49. The molecule has 1 heterocycles. The minimum atomic E-state index is -0.515. The van der Waals surface area contributed by atoms with Gasteiger partial charge in [0.15, 0.2) is 5.78 Å². The molecule has 0 radical (unpaired) electrons. The first kappa shape index (κ1) is 15.2. The molecule has 3 heteroatoms. The predicted molar refractivity (Wildman–Crippen MR) is 79.6 cm³/mol. The van der Waals surface area contributed by atoms with Gasteiger partial charge >= 0.3 is 0 Å². The number of carbonyl (C=O) groups is 1. The molecular formula is C17H24FNO. The van der Waals surface area contributed by atoms with Crippen LogP contribution >= 0.6 is 0 Å². The van der Waals surface area contributed by atoms with Crippen molar-refractivity contribution in [3.8, 4) is 0 Å². The molecule has 0 N–H and O–H groups in total. The van der Waals surface area contributed by atoms with E-state index in [1.807, 2.05) is 20.8 Å². The Hall–Kier alpha value is -1.22. The molecule has 0 amide bonds. The number of carbonyl (C=O) groups excluding carboxylic acids is 1. The van der Waals surface area contributed by atoms with Crippen molar-refractivity contribution in [2.24, 2.45) is 0 Å². The second kappa shape index (κ2) is 6.04. The van der Waals surface area contributed by atoms with E-state index in [0.717, 1.165) is 37.9 Å². The van der Waals surface area contributed by atoms with Gasteiger partial charge in [-0.05, 0) is 63.9 Å². The van der Waals surface area contributed by atoms with Crippen molar-refractivity contribution >= 4 is 5.78 Å². The fourth-order valence-corrected chi connectivity index (χ4v) is 3.04. The van der Waals surface area contributed by atoms with Gasteiger partial charge in [-0.15, -0.1) is 0 Å². The summed E-state index contributed by atoms with van der Waals surface area (Å²) < 4.78 is 13.5. The number of rotatable bonds is 4. The van der Waals surface area contributed by atoms with Crippen LogP contribution in [0, 0.1) is 12.7 Å². The second-order valence-corrected chi connectivity index (χ2v) is 5.96. The van der Waals surface area contributed by atoms with Crippen molar-refractivity contribution in [1.82, 2.24) is 4.90 Å². The van der Waals surface area contributed by atoms with Crippen LogP contribution in [-0.4, -0.2) is 29.3 Å². The van der Waals surface area contributed by atoms with Gasteiger partial charge in [0, 0.05) is 5.56 Å². The molecule has 1 aromatic rings. The Labute approximate surface area is 121 Å². The van der Waals surface area contributed by atoms with E-state index in [2.05, 4.69) is 4.90 Å². The number of aryl methyl sites for hydroxylation is 1. The second-order valence-electron chi connectivity index (χ2n) is 5.96. The van der Waals surface area contributed by atoms with Gasteiger partial charge in [0.05, 0.1) is 5.54 Å². The molecule has 2 nitrogen and oxygen atoms in total. The quantitative estimate of drug-likeness (QED) is 0.776. The zero-order valence-electron chi connectivity index (χ0n) is 12.7. The van der Waals surface area contributed by atoms with Crippen molar-refractivity contribution in [3.05, 3.63) is 35.1 Å². The number of nitrogens with zero attached hydrogens (tertiary/aromatic N) is 1. The summed E-state index contributed by atoms with van der Waals surface area (Å²) in [7, 11) is 0. The van der Waals surface area contributed by atoms with Crippen LogP contribution in [0.2, 0.25) is 0 Å². The monoisotopic (exact) mass is 277 g/mol. The third-order valence-corrected chi connectivity index (χ3v) is 4.68. The summed E-state index contributed by atoms with van der Waals surface area (Å²) in [6.07, 6.45) is 4.28. The van der Waals surface area contributed by atoms with Crippen molar-refractivity contribution in [1.29, 1.82) is 0 Å². The summed E-state index contributed by atoms with van der Waals surface area (Å²) in [4.78, 5) is 15.2. The van der Waals surface area contributed by atoms with Crippen LogP contribution in [0.4, 0.5) is 4.39 Å². The van der Waals surface area contributed by atoms with Crippen molar-refractivity contribution in [3.63, 3.8) is 0 Å². The van der Waals surface area contributed by atoms with E-state index in [-0.39, 0.29) is 11.6 Å². The maximum absolute atomic E-state index is 13.5. The molecule has 1 aromatic carbocycles. The zero-order valence-corrected chi connectivity index (χ0v) is 12.7. The van der Waals surface area contributed by atoms with E-state index < -0.39 is 5.54 Å². The number of likely N-dealkylation sites (tertiary alicyclic amines) is 1. The van der Waals surface area contributed by atoms with Crippen LogP contribution in [0.25, 0.3) is 0 Å². The Morgan fingerprint density at radius 2 is 1.95 bits per heavy atom. The average molecular weight is 277 g/mol. The minimum absolute atomic E-state index is 0.0545. The molecule has 0 saturated carbocycles. The zero-order chi connectivity index (χ0) is 14.8. The lowest BCUT2D eigenvalue weighted by Crippen LogP contribution is -2.54. The molecule has 0 aliphatic carbocycles. The molecule has 0 spiro atoms. The molecule has 20 heavy (non-hydrogen) atoms. The maximum Gasteiger partial charge on any atom is 0.183 e. The fourth-order valence-electron chi connectivity index (χ4n) is 3.04. The molecule has 1 unspecified atom stereocenters. The first-order valence-electron chi connectivity index (χ1n) is 7.55. The van der Waals surface area contributed by atoms with E-state index in [4.69, 9.17) is 0 Å². The van der Waals surface area contributed by atoms with Crippen LogP contribution in [0.3, 0.4) is 0 Å². The lowest BCUT2D eigenvalue weighted by Gasteiger charge is -2.42. The van der Waals surface area contributed by atoms with E-state index >= 15 is 0 Å². The summed E-state index contributed by atoms with van der Waals surface area (Å²) in [6.45, 7) is 7.85. The molecule has 1 saturated heterocycles. The summed E-state index contributed by atoms with van der Waals surface area (Å²) in [5.74, 6) is -0.282. The predicted octanol–water partition coefficient (Wildman–Crippen LogP) is 3.97. The molecular weight excluding hydrogens is 253 g/mol. The SMILES string of the molecule is CCC(C)(C(=O)c1cc(F)ccc1C)N1CCCCC1.